The number of hydrogen-bond donors (Lipinski definition) is 0. The summed E-state index contributed by atoms with van der Waals surface area (Å²) in [4.78, 5) is 36.9. The van der Waals surface area contributed by atoms with E-state index in [9.17, 15) is 14.4 Å². The maximum atomic E-state index is 12.9. The number of hydrogen-bond acceptors (Lipinski definition) is 4. The number of carbonyl (C=O) groups excluding carboxylic acids is 3. The first kappa shape index (κ1) is 19.8. The van der Waals surface area contributed by atoms with E-state index in [-0.39, 0.29) is 28.4 Å². The third-order valence-corrected chi connectivity index (χ3v) is 9.20. The zero-order chi connectivity index (χ0) is 20.3. The summed E-state index contributed by atoms with van der Waals surface area (Å²) in [5.74, 6) is 1.47. The molecule has 4 nitrogen and oxygen atoms in total. The molecule has 0 aromatic carbocycles. The van der Waals surface area contributed by atoms with Crippen molar-refractivity contribution < 1.29 is 19.1 Å². The van der Waals surface area contributed by atoms with Gasteiger partial charge in [-0.15, -0.1) is 0 Å². The molecular weight excluding hydrogens is 352 g/mol. The third kappa shape index (κ3) is 2.59. The Balaban J connectivity index is 1.73. The summed E-state index contributed by atoms with van der Waals surface area (Å²) in [6, 6.07) is 0. The smallest absolute Gasteiger partial charge is 0.303 e. The molecule has 0 unspecified atom stereocenters. The van der Waals surface area contributed by atoms with Crippen molar-refractivity contribution in [1.29, 1.82) is 0 Å². The number of rotatable bonds is 2. The Labute approximate surface area is 168 Å². The van der Waals surface area contributed by atoms with E-state index in [0.29, 0.717) is 30.6 Å². The molecule has 4 heteroatoms. The average Bonchev–Trinajstić information content (AvgIpc) is 2.62. The zero-order valence-corrected chi connectivity index (χ0v) is 17.8. The number of ether oxygens (including phenoxy) is 1. The monoisotopic (exact) mass is 386 g/mol. The van der Waals surface area contributed by atoms with Gasteiger partial charge in [0.1, 0.15) is 0 Å². The van der Waals surface area contributed by atoms with Crippen LogP contribution in [0.25, 0.3) is 0 Å². The molecule has 4 aliphatic carbocycles. The van der Waals surface area contributed by atoms with Gasteiger partial charge >= 0.3 is 5.97 Å². The fourth-order valence-electron chi connectivity index (χ4n) is 7.83. The van der Waals surface area contributed by atoms with Gasteiger partial charge in [0.05, 0.1) is 0 Å². The molecular formula is C24H34O4. The first-order chi connectivity index (χ1) is 13.1. The van der Waals surface area contributed by atoms with Crippen molar-refractivity contribution in [3.63, 3.8) is 0 Å². The summed E-state index contributed by atoms with van der Waals surface area (Å²) in [6.07, 6.45) is 10.3. The molecule has 0 aromatic heterocycles. The lowest BCUT2D eigenvalue weighted by atomic mass is 9.42. The Kier molecular flexibility index (Phi) is 4.63. The van der Waals surface area contributed by atoms with Gasteiger partial charge in [0.2, 0.25) is 0 Å². The highest BCUT2D eigenvalue weighted by Crippen LogP contribution is 2.67. The Hall–Kier alpha value is -1.45. The maximum absolute atomic E-state index is 12.9. The first-order valence-corrected chi connectivity index (χ1v) is 11.1. The second-order valence-electron chi connectivity index (χ2n) is 10.3. The van der Waals surface area contributed by atoms with Gasteiger partial charge in [-0.1, -0.05) is 19.4 Å². The Bertz CT molecular complexity index is 752. The van der Waals surface area contributed by atoms with Crippen molar-refractivity contribution in [3.05, 3.63) is 11.6 Å². The lowest BCUT2D eigenvalue weighted by Crippen LogP contribution is -2.64. The largest absolute Gasteiger partial charge is 0.451 e. The van der Waals surface area contributed by atoms with Crippen LogP contribution in [0.4, 0.5) is 0 Å². The molecule has 28 heavy (non-hydrogen) atoms. The van der Waals surface area contributed by atoms with E-state index >= 15 is 0 Å². The number of esters is 1. The van der Waals surface area contributed by atoms with Gasteiger partial charge in [0.25, 0.3) is 0 Å². The van der Waals surface area contributed by atoms with Crippen LogP contribution in [-0.4, -0.2) is 23.1 Å². The summed E-state index contributed by atoms with van der Waals surface area (Å²) >= 11 is 0. The van der Waals surface area contributed by atoms with E-state index in [0.717, 1.165) is 44.9 Å². The maximum Gasteiger partial charge on any atom is 0.303 e. The van der Waals surface area contributed by atoms with Crippen LogP contribution in [0.5, 0.6) is 0 Å². The molecule has 3 saturated carbocycles. The fraction of sp³-hybridized carbons (Fsp3) is 0.792. The molecule has 0 amide bonds. The summed E-state index contributed by atoms with van der Waals surface area (Å²) in [5.41, 5.74) is 0.232. The van der Waals surface area contributed by atoms with Gasteiger partial charge in [0, 0.05) is 18.8 Å². The molecule has 0 radical (unpaired) electrons. The Morgan fingerprint density at radius 2 is 1.75 bits per heavy atom. The number of allylic oxidation sites excluding steroid dienone is 2. The second kappa shape index (κ2) is 6.53. The Morgan fingerprint density at radius 3 is 2.43 bits per heavy atom. The molecule has 0 N–H and O–H groups in total. The summed E-state index contributed by atoms with van der Waals surface area (Å²) in [5, 5.41) is 0. The van der Waals surface area contributed by atoms with Crippen LogP contribution in [0.2, 0.25) is 0 Å². The molecule has 0 spiro atoms. The van der Waals surface area contributed by atoms with Gasteiger partial charge in [-0.05, 0) is 87.5 Å². The zero-order valence-electron chi connectivity index (χ0n) is 17.8. The standard InChI is InChI=1S/C24H34O4/c1-15(25)24(28-16(2)26)11-5-6-21-19-8-7-17-14-18(27)9-12-22(17,3)20(19)10-13-23(21,24)4/h14,19-21H,5-13H2,1-4H3/t19-,20+,21+,22+,23+,24+/m1/s1. The number of carbonyl (C=O) groups is 3. The quantitative estimate of drug-likeness (QED) is 0.640. The van der Waals surface area contributed by atoms with E-state index in [1.165, 1.54) is 12.5 Å². The van der Waals surface area contributed by atoms with E-state index in [1.807, 2.05) is 6.08 Å². The van der Waals surface area contributed by atoms with Crippen molar-refractivity contribution >= 4 is 17.5 Å². The molecule has 4 rings (SSSR count). The van der Waals surface area contributed by atoms with Crippen LogP contribution in [0.1, 0.15) is 85.5 Å². The molecule has 0 saturated heterocycles. The fourth-order valence-corrected chi connectivity index (χ4v) is 7.83. The van der Waals surface area contributed by atoms with Crippen LogP contribution < -0.4 is 0 Å². The van der Waals surface area contributed by atoms with Crippen LogP contribution >= 0.6 is 0 Å². The van der Waals surface area contributed by atoms with E-state index in [1.54, 1.807) is 6.92 Å². The molecule has 0 aliphatic heterocycles. The molecule has 0 bridgehead atoms. The van der Waals surface area contributed by atoms with Gasteiger partial charge in [-0.25, -0.2) is 0 Å². The minimum absolute atomic E-state index is 0.0132. The van der Waals surface area contributed by atoms with Crippen LogP contribution in [0, 0.1) is 28.6 Å². The lowest BCUT2D eigenvalue weighted by molar-refractivity contribution is -0.213. The minimum Gasteiger partial charge on any atom is -0.451 e. The minimum atomic E-state index is -0.966. The van der Waals surface area contributed by atoms with E-state index in [4.69, 9.17) is 4.74 Å². The van der Waals surface area contributed by atoms with Gasteiger partial charge in [0.15, 0.2) is 17.2 Å². The van der Waals surface area contributed by atoms with Gasteiger partial charge in [-0.3, -0.25) is 14.4 Å². The van der Waals surface area contributed by atoms with E-state index in [2.05, 4.69) is 13.8 Å². The van der Waals surface area contributed by atoms with Crippen LogP contribution in [0.15, 0.2) is 11.6 Å². The molecule has 4 aliphatic rings. The Morgan fingerprint density at radius 1 is 1.00 bits per heavy atom. The van der Waals surface area contributed by atoms with Crippen molar-refractivity contribution in [2.75, 3.05) is 0 Å². The predicted octanol–water partition coefficient (Wildman–Crippen LogP) is 4.80. The highest BCUT2D eigenvalue weighted by atomic mass is 16.6. The van der Waals surface area contributed by atoms with Crippen molar-refractivity contribution in [1.82, 2.24) is 0 Å². The summed E-state index contributed by atoms with van der Waals surface area (Å²) < 4.78 is 5.89. The SMILES string of the molecule is CC(=O)O[C@]1(C(C)=O)CCC[C@H]2[C@@H]3CCC4=CC(=O)CC[C@]4(C)[C@H]3CC[C@@]21C. The number of ketones is 2. The second-order valence-corrected chi connectivity index (χ2v) is 10.3. The highest BCUT2D eigenvalue weighted by molar-refractivity contribution is 5.91. The summed E-state index contributed by atoms with van der Waals surface area (Å²) in [6.45, 7) is 7.63. The van der Waals surface area contributed by atoms with Gasteiger partial charge in [-0.2, -0.15) is 0 Å². The van der Waals surface area contributed by atoms with E-state index < -0.39 is 5.60 Å². The van der Waals surface area contributed by atoms with Crippen LogP contribution in [-0.2, 0) is 19.1 Å². The predicted molar refractivity (Wildman–Crippen MR) is 107 cm³/mol. The first-order valence-electron chi connectivity index (χ1n) is 11.1. The van der Waals surface area contributed by atoms with Crippen LogP contribution in [0.3, 0.4) is 0 Å². The molecule has 6 atom stereocenters. The molecule has 0 aromatic rings. The molecule has 3 fully saturated rings. The molecule has 0 heterocycles. The number of fused-ring (bicyclic) bond motifs is 5. The normalized spacial score (nSPS) is 45.2. The average molecular weight is 387 g/mol. The van der Waals surface area contributed by atoms with Crippen molar-refractivity contribution in [2.45, 2.75) is 91.1 Å². The third-order valence-electron chi connectivity index (χ3n) is 9.20. The van der Waals surface area contributed by atoms with Crippen molar-refractivity contribution in [2.24, 2.45) is 28.6 Å². The lowest BCUT2D eigenvalue weighted by Gasteiger charge is -2.64. The summed E-state index contributed by atoms with van der Waals surface area (Å²) in [7, 11) is 0. The molecule has 154 valence electrons. The highest BCUT2D eigenvalue weighted by Gasteiger charge is 2.65. The van der Waals surface area contributed by atoms with Crippen molar-refractivity contribution in [3.8, 4) is 0 Å². The van der Waals surface area contributed by atoms with Gasteiger partial charge < -0.3 is 4.74 Å². The topological polar surface area (TPSA) is 60.4 Å². The number of Topliss-reactive ketones (excluding diaryl/α,β-unsaturated/α-hetero) is 1.